The number of hydrogen-bond donors (Lipinski definition) is 1. The van der Waals surface area contributed by atoms with Crippen molar-refractivity contribution in [2.24, 2.45) is 0 Å². The fourth-order valence-corrected chi connectivity index (χ4v) is 2.48. The molecule has 4 nitrogen and oxygen atoms in total. The highest BCUT2D eigenvalue weighted by Crippen LogP contribution is 2.36. The van der Waals surface area contributed by atoms with Gasteiger partial charge >= 0.3 is 12.2 Å². The number of carbonyl (C=O) groups is 1. The van der Waals surface area contributed by atoms with E-state index >= 15 is 0 Å². The summed E-state index contributed by atoms with van der Waals surface area (Å²) in [5, 5.41) is 2.78. The van der Waals surface area contributed by atoms with Gasteiger partial charge < -0.3 is 15.1 Å². The summed E-state index contributed by atoms with van der Waals surface area (Å²) in [7, 11) is 0. The number of nitrogens with one attached hydrogen (secondary N) is 1. The zero-order valence-corrected chi connectivity index (χ0v) is 12.5. The summed E-state index contributed by atoms with van der Waals surface area (Å²) in [5.41, 5.74) is -0.442. The summed E-state index contributed by atoms with van der Waals surface area (Å²) in [5.74, 6) is 0. The van der Waals surface area contributed by atoms with E-state index in [4.69, 9.17) is 0 Å². The third-order valence-electron chi connectivity index (χ3n) is 3.64. The van der Waals surface area contributed by atoms with Crippen molar-refractivity contribution in [2.45, 2.75) is 19.5 Å². The van der Waals surface area contributed by atoms with E-state index in [1.165, 1.54) is 12.1 Å². The lowest BCUT2D eigenvalue weighted by Crippen LogP contribution is -2.52. The molecular weight excluding hydrogens is 295 g/mol. The number of benzene rings is 1. The largest absolute Gasteiger partial charge is 0.418 e. The SMILES string of the molecule is CCCNC(=O)N1CCN(c2ccccc2C(F)(F)F)CC1. The molecule has 0 radical (unpaired) electrons. The Balaban J connectivity index is 2.02. The molecule has 0 aliphatic carbocycles. The number of para-hydroxylation sites is 1. The van der Waals surface area contributed by atoms with Gasteiger partial charge in [-0.1, -0.05) is 19.1 Å². The predicted molar refractivity (Wildman–Crippen MR) is 78.9 cm³/mol. The van der Waals surface area contributed by atoms with Gasteiger partial charge in [0.2, 0.25) is 0 Å². The second-order valence-electron chi connectivity index (χ2n) is 5.22. The molecule has 1 N–H and O–H groups in total. The Morgan fingerprint density at radius 3 is 2.41 bits per heavy atom. The normalized spacial score (nSPS) is 15.8. The minimum Gasteiger partial charge on any atom is -0.367 e. The summed E-state index contributed by atoms with van der Waals surface area (Å²) in [6.07, 6.45) is -3.52. The first kappa shape index (κ1) is 16.5. The Morgan fingerprint density at radius 1 is 1.18 bits per heavy atom. The molecule has 7 heteroatoms. The summed E-state index contributed by atoms with van der Waals surface area (Å²) >= 11 is 0. The molecule has 0 atom stereocenters. The second-order valence-corrected chi connectivity index (χ2v) is 5.22. The van der Waals surface area contributed by atoms with E-state index in [1.807, 2.05) is 6.92 Å². The van der Waals surface area contributed by atoms with Gasteiger partial charge in [0.25, 0.3) is 0 Å². The van der Waals surface area contributed by atoms with Crippen LogP contribution in [0.2, 0.25) is 0 Å². The Kier molecular flexibility index (Phi) is 5.15. The Hall–Kier alpha value is -1.92. The highest BCUT2D eigenvalue weighted by atomic mass is 19.4. The number of amides is 2. The number of rotatable bonds is 3. The first-order valence-electron chi connectivity index (χ1n) is 7.37. The number of anilines is 1. The maximum absolute atomic E-state index is 13.0. The molecule has 2 amide bonds. The van der Waals surface area contributed by atoms with Crippen LogP contribution in [0, 0.1) is 0 Å². The number of halogens is 3. The minimum absolute atomic E-state index is 0.148. The van der Waals surface area contributed by atoms with Crippen molar-refractivity contribution < 1.29 is 18.0 Å². The first-order valence-corrected chi connectivity index (χ1v) is 7.37. The van der Waals surface area contributed by atoms with Crippen LogP contribution in [0.25, 0.3) is 0 Å². The summed E-state index contributed by atoms with van der Waals surface area (Å²) in [6.45, 7) is 4.20. The van der Waals surface area contributed by atoms with Crippen molar-refractivity contribution in [3.05, 3.63) is 29.8 Å². The molecule has 1 aliphatic rings. The second kappa shape index (κ2) is 6.89. The average molecular weight is 315 g/mol. The molecule has 122 valence electrons. The Morgan fingerprint density at radius 2 is 1.82 bits per heavy atom. The number of nitrogens with zero attached hydrogens (tertiary/aromatic N) is 2. The van der Waals surface area contributed by atoms with Crippen molar-refractivity contribution >= 4 is 11.7 Å². The number of piperazine rings is 1. The third kappa shape index (κ3) is 3.84. The number of urea groups is 1. The van der Waals surface area contributed by atoms with Crippen LogP contribution in [0.5, 0.6) is 0 Å². The van der Waals surface area contributed by atoms with E-state index in [0.29, 0.717) is 32.7 Å². The van der Waals surface area contributed by atoms with Crippen LogP contribution in [0.1, 0.15) is 18.9 Å². The minimum atomic E-state index is -4.37. The molecule has 1 aliphatic heterocycles. The molecule has 1 fully saturated rings. The number of carbonyl (C=O) groups excluding carboxylic acids is 1. The highest BCUT2D eigenvalue weighted by Gasteiger charge is 2.35. The van der Waals surface area contributed by atoms with Gasteiger partial charge in [0.15, 0.2) is 0 Å². The van der Waals surface area contributed by atoms with Gasteiger partial charge in [-0.25, -0.2) is 4.79 Å². The lowest BCUT2D eigenvalue weighted by Gasteiger charge is -2.37. The van der Waals surface area contributed by atoms with Crippen molar-refractivity contribution in [2.75, 3.05) is 37.6 Å². The van der Waals surface area contributed by atoms with Crippen LogP contribution >= 0.6 is 0 Å². The summed E-state index contributed by atoms with van der Waals surface area (Å²) in [6, 6.07) is 5.42. The van der Waals surface area contributed by atoms with Crippen LogP contribution in [-0.4, -0.2) is 43.7 Å². The maximum Gasteiger partial charge on any atom is 0.418 e. The van der Waals surface area contributed by atoms with Crippen LogP contribution in [0.15, 0.2) is 24.3 Å². The number of hydrogen-bond acceptors (Lipinski definition) is 2. The van der Waals surface area contributed by atoms with Gasteiger partial charge in [-0.3, -0.25) is 0 Å². The van der Waals surface area contributed by atoms with Crippen LogP contribution in [-0.2, 0) is 6.18 Å². The smallest absolute Gasteiger partial charge is 0.367 e. The van der Waals surface area contributed by atoms with Gasteiger partial charge in [0.1, 0.15) is 0 Å². The molecule has 22 heavy (non-hydrogen) atoms. The molecule has 0 bridgehead atoms. The van der Waals surface area contributed by atoms with Crippen LogP contribution in [0.3, 0.4) is 0 Å². The van der Waals surface area contributed by atoms with E-state index in [-0.39, 0.29) is 11.7 Å². The van der Waals surface area contributed by atoms with Crippen molar-refractivity contribution in [1.82, 2.24) is 10.2 Å². The third-order valence-corrected chi connectivity index (χ3v) is 3.64. The lowest BCUT2D eigenvalue weighted by molar-refractivity contribution is -0.137. The molecule has 2 rings (SSSR count). The van der Waals surface area contributed by atoms with Crippen molar-refractivity contribution in [3.8, 4) is 0 Å². The molecule has 1 saturated heterocycles. The van der Waals surface area contributed by atoms with Gasteiger partial charge in [0.05, 0.1) is 5.56 Å². The molecule has 0 saturated carbocycles. The molecule has 1 heterocycles. The standard InChI is InChI=1S/C15H20F3N3O/c1-2-7-19-14(22)21-10-8-20(9-11-21)13-6-4-3-5-12(13)15(16,17)18/h3-6H,2,7-11H2,1H3,(H,19,22). The van der Waals surface area contributed by atoms with E-state index in [1.54, 1.807) is 15.9 Å². The van der Waals surface area contributed by atoms with Crippen LogP contribution in [0.4, 0.5) is 23.7 Å². The van der Waals surface area contributed by atoms with E-state index < -0.39 is 11.7 Å². The van der Waals surface area contributed by atoms with Crippen molar-refractivity contribution in [1.29, 1.82) is 0 Å². The molecule has 0 unspecified atom stereocenters. The highest BCUT2D eigenvalue weighted by molar-refractivity contribution is 5.74. The average Bonchev–Trinajstić information content (AvgIpc) is 2.52. The quantitative estimate of drug-likeness (QED) is 0.931. The van der Waals surface area contributed by atoms with Gasteiger partial charge in [0, 0.05) is 38.4 Å². The van der Waals surface area contributed by atoms with E-state index in [0.717, 1.165) is 12.5 Å². The zero-order valence-electron chi connectivity index (χ0n) is 12.5. The summed E-state index contributed by atoms with van der Waals surface area (Å²) in [4.78, 5) is 15.2. The topological polar surface area (TPSA) is 35.6 Å². The maximum atomic E-state index is 13.0. The number of alkyl halides is 3. The van der Waals surface area contributed by atoms with Gasteiger partial charge in [-0.05, 0) is 18.6 Å². The molecule has 1 aromatic carbocycles. The van der Waals surface area contributed by atoms with Crippen molar-refractivity contribution in [3.63, 3.8) is 0 Å². The molecule has 0 spiro atoms. The lowest BCUT2D eigenvalue weighted by atomic mass is 10.1. The first-order chi connectivity index (χ1) is 10.4. The summed E-state index contributed by atoms with van der Waals surface area (Å²) < 4.78 is 39.1. The monoisotopic (exact) mass is 315 g/mol. The predicted octanol–water partition coefficient (Wildman–Crippen LogP) is 2.95. The molecular formula is C15H20F3N3O. The van der Waals surface area contributed by atoms with Gasteiger partial charge in [-0.15, -0.1) is 0 Å². The fourth-order valence-electron chi connectivity index (χ4n) is 2.48. The van der Waals surface area contributed by atoms with E-state index in [9.17, 15) is 18.0 Å². The Bertz CT molecular complexity index is 511. The zero-order chi connectivity index (χ0) is 16.2. The molecule has 1 aromatic rings. The van der Waals surface area contributed by atoms with Crippen LogP contribution < -0.4 is 10.2 Å². The Labute approximate surface area is 127 Å². The fraction of sp³-hybridized carbons (Fsp3) is 0.533. The van der Waals surface area contributed by atoms with Gasteiger partial charge in [-0.2, -0.15) is 13.2 Å². The van der Waals surface area contributed by atoms with E-state index in [2.05, 4.69) is 5.32 Å². The molecule has 0 aromatic heterocycles.